The molecule has 0 radical (unpaired) electrons. The van der Waals surface area contributed by atoms with E-state index in [1.54, 1.807) is 0 Å². The molecule has 0 aromatic heterocycles. The van der Waals surface area contributed by atoms with Gasteiger partial charge in [-0.15, -0.1) is 0 Å². The van der Waals surface area contributed by atoms with Crippen LogP contribution in [0, 0.1) is 5.82 Å². The summed E-state index contributed by atoms with van der Waals surface area (Å²) in [5.74, 6) is -0.771. The molecule has 2 rings (SSSR count). The number of aliphatic hydroxyl groups is 1. The Morgan fingerprint density at radius 2 is 2.00 bits per heavy atom. The Morgan fingerprint density at radius 3 is 2.68 bits per heavy atom. The van der Waals surface area contributed by atoms with Crippen LogP contribution in [0.1, 0.15) is 25.7 Å². The lowest BCUT2D eigenvalue weighted by atomic mass is 9.93. The van der Waals surface area contributed by atoms with Gasteiger partial charge in [-0.2, -0.15) is 0 Å². The maximum Gasteiger partial charge on any atom is 0.243 e. The molecule has 0 saturated heterocycles. The van der Waals surface area contributed by atoms with E-state index < -0.39 is 33.7 Å². The van der Waals surface area contributed by atoms with Crippen molar-refractivity contribution < 1.29 is 17.9 Å². The van der Waals surface area contributed by atoms with Crippen LogP contribution in [0.4, 0.5) is 10.1 Å². The molecule has 1 aliphatic rings. The second kappa shape index (κ2) is 5.44. The average Bonchev–Trinajstić information content (AvgIpc) is 2.35. The Balaban J connectivity index is 2.25. The van der Waals surface area contributed by atoms with Gasteiger partial charge in [-0.25, -0.2) is 17.5 Å². The number of rotatable bonds is 3. The first-order chi connectivity index (χ1) is 8.92. The minimum Gasteiger partial charge on any atom is -0.395 e. The van der Waals surface area contributed by atoms with Gasteiger partial charge in [-0.1, -0.05) is 18.9 Å². The number of halogens is 1. The third-order valence-electron chi connectivity index (χ3n) is 3.34. The highest BCUT2D eigenvalue weighted by Gasteiger charge is 2.29. The normalized spacial score (nSPS) is 24.3. The third-order valence-corrected chi connectivity index (χ3v) is 4.89. The van der Waals surface area contributed by atoms with Gasteiger partial charge in [-0.05, 0) is 25.0 Å². The Kier molecular flexibility index (Phi) is 4.07. The number of para-hydroxylation sites is 1. The highest BCUT2D eigenvalue weighted by atomic mass is 32.2. The number of sulfonamides is 1. The third kappa shape index (κ3) is 3.05. The zero-order valence-corrected chi connectivity index (χ0v) is 11.2. The molecule has 0 bridgehead atoms. The molecule has 1 aromatic rings. The summed E-state index contributed by atoms with van der Waals surface area (Å²) in [5, 5.41) is 9.77. The fourth-order valence-electron chi connectivity index (χ4n) is 2.26. The Labute approximate surface area is 111 Å². The van der Waals surface area contributed by atoms with Crippen LogP contribution in [0.3, 0.4) is 0 Å². The maximum atomic E-state index is 13.3. The average molecular weight is 288 g/mol. The quantitative estimate of drug-likeness (QED) is 0.723. The summed E-state index contributed by atoms with van der Waals surface area (Å²) in [6.45, 7) is 0. The zero-order chi connectivity index (χ0) is 14.0. The number of nitrogens with one attached hydrogen (secondary N) is 1. The highest BCUT2D eigenvalue weighted by Crippen LogP contribution is 2.24. The van der Waals surface area contributed by atoms with Crippen LogP contribution >= 0.6 is 0 Å². The van der Waals surface area contributed by atoms with E-state index in [9.17, 15) is 17.9 Å². The van der Waals surface area contributed by atoms with Gasteiger partial charge < -0.3 is 10.8 Å². The summed E-state index contributed by atoms with van der Waals surface area (Å²) in [4.78, 5) is -0.287. The van der Waals surface area contributed by atoms with Crippen molar-refractivity contribution in [3.63, 3.8) is 0 Å². The van der Waals surface area contributed by atoms with E-state index in [2.05, 4.69) is 4.72 Å². The van der Waals surface area contributed by atoms with Crippen LogP contribution in [0.25, 0.3) is 0 Å². The minimum atomic E-state index is -3.92. The Hall–Kier alpha value is -1.18. The van der Waals surface area contributed by atoms with Crippen LogP contribution in [0.2, 0.25) is 0 Å². The van der Waals surface area contributed by atoms with Crippen molar-refractivity contribution in [2.45, 2.75) is 42.7 Å². The molecule has 1 saturated carbocycles. The molecule has 5 nitrogen and oxygen atoms in total. The predicted octanol–water partition coefficient (Wildman–Crippen LogP) is 0.990. The first kappa shape index (κ1) is 14.2. The fourth-order valence-corrected chi connectivity index (χ4v) is 3.71. The lowest BCUT2D eigenvalue weighted by Gasteiger charge is -2.28. The molecule has 0 heterocycles. The van der Waals surface area contributed by atoms with E-state index in [0.717, 1.165) is 18.9 Å². The van der Waals surface area contributed by atoms with Gasteiger partial charge >= 0.3 is 0 Å². The number of aliphatic hydroxyl groups excluding tert-OH is 1. The molecule has 106 valence electrons. The first-order valence-electron chi connectivity index (χ1n) is 6.16. The van der Waals surface area contributed by atoms with Gasteiger partial charge in [0.05, 0.1) is 11.8 Å². The molecular formula is C12H17FN2O3S. The largest absolute Gasteiger partial charge is 0.395 e. The second-order valence-corrected chi connectivity index (χ2v) is 6.41. The molecule has 0 unspecified atom stereocenters. The second-order valence-electron chi connectivity index (χ2n) is 4.73. The van der Waals surface area contributed by atoms with Gasteiger partial charge in [0.25, 0.3) is 0 Å². The van der Waals surface area contributed by atoms with Crippen molar-refractivity contribution in [2.75, 3.05) is 5.73 Å². The smallest absolute Gasteiger partial charge is 0.243 e. The van der Waals surface area contributed by atoms with E-state index >= 15 is 0 Å². The molecule has 7 heteroatoms. The van der Waals surface area contributed by atoms with Crippen molar-refractivity contribution in [2.24, 2.45) is 0 Å². The van der Waals surface area contributed by atoms with Gasteiger partial charge in [0.2, 0.25) is 10.0 Å². The lowest BCUT2D eigenvalue weighted by Crippen LogP contribution is -2.45. The Morgan fingerprint density at radius 1 is 1.32 bits per heavy atom. The van der Waals surface area contributed by atoms with E-state index in [1.165, 1.54) is 12.1 Å². The monoisotopic (exact) mass is 288 g/mol. The molecule has 0 aliphatic heterocycles. The van der Waals surface area contributed by atoms with Gasteiger partial charge in [0.1, 0.15) is 10.7 Å². The van der Waals surface area contributed by atoms with E-state index in [-0.39, 0.29) is 4.90 Å². The summed E-state index contributed by atoms with van der Waals surface area (Å²) in [6.07, 6.45) is 2.14. The van der Waals surface area contributed by atoms with Gasteiger partial charge in [-0.3, -0.25) is 0 Å². The molecule has 4 N–H and O–H groups in total. The molecule has 2 atom stereocenters. The van der Waals surface area contributed by atoms with Crippen molar-refractivity contribution in [3.05, 3.63) is 24.0 Å². The van der Waals surface area contributed by atoms with Crippen molar-refractivity contribution >= 4 is 15.7 Å². The predicted molar refractivity (Wildman–Crippen MR) is 69.4 cm³/mol. The topological polar surface area (TPSA) is 92.4 Å². The zero-order valence-electron chi connectivity index (χ0n) is 10.3. The van der Waals surface area contributed by atoms with Crippen molar-refractivity contribution in [1.29, 1.82) is 0 Å². The Bertz CT molecular complexity index is 562. The van der Waals surface area contributed by atoms with Gasteiger partial charge in [0, 0.05) is 6.04 Å². The molecule has 0 spiro atoms. The standard InChI is InChI=1S/C12H17FN2O3S/c13-8-4-3-7-11(12(8)14)19(17,18)15-9-5-1-2-6-10(9)16/h3-4,7,9-10,15-16H,1-2,5-6,14H2/t9-,10-/m0/s1. The van der Waals surface area contributed by atoms with E-state index in [0.29, 0.717) is 12.8 Å². The summed E-state index contributed by atoms with van der Waals surface area (Å²) >= 11 is 0. The highest BCUT2D eigenvalue weighted by molar-refractivity contribution is 7.89. The molecule has 1 aliphatic carbocycles. The molecule has 1 aromatic carbocycles. The maximum absolute atomic E-state index is 13.3. The van der Waals surface area contributed by atoms with E-state index in [4.69, 9.17) is 5.73 Å². The van der Waals surface area contributed by atoms with E-state index in [1.807, 2.05) is 0 Å². The molecule has 1 fully saturated rings. The molecule has 19 heavy (non-hydrogen) atoms. The van der Waals surface area contributed by atoms with Crippen LogP contribution in [-0.4, -0.2) is 25.7 Å². The number of hydrogen-bond donors (Lipinski definition) is 3. The SMILES string of the molecule is Nc1c(F)cccc1S(=O)(=O)N[C@H]1CCCC[C@@H]1O. The van der Waals surface area contributed by atoms with Gasteiger partial charge in [0.15, 0.2) is 0 Å². The van der Waals surface area contributed by atoms with Crippen LogP contribution in [-0.2, 0) is 10.0 Å². The molecular weight excluding hydrogens is 271 g/mol. The number of anilines is 1. The number of nitrogen functional groups attached to an aromatic ring is 1. The van der Waals surface area contributed by atoms with Crippen LogP contribution < -0.4 is 10.5 Å². The molecule has 0 amide bonds. The summed E-state index contributed by atoms with van der Waals surface area (Å²) in [6, 6.07) is 3.10. The number of hydrogen-bond acceptors (Lipinski definition) is 4. The van der Waals surface area contributed by atoms with Crippen LogP contribution in [0.5, 0.6) is 0 Å². The van der Waals surface area contributed by atoms with Crippen molar-refractivity contribution in [3.8, 4) is 0 Å². The first-order valence-corrected chi connectivity index (χ1v) is 7.64. The minimum absolute atomic E-state index is 0.287. The lowest BCUT2D eigenvalue weighted by molar-refractivity contribution is 0.101. The summed E-state index contributed by atoms with van der Waals surface area (Å²) < 4.78 is 40.0. The van der Waals surface area contributed by atoms with Crippen molar-refractivity contribution in [1.82, 2.24) is 4.72 Å². The fraction of sp³-hybridized carbons (Fsp3) is 0.500. The van der Waals surface area contributed by atoms with Crippen LogP contribution in [0.15, 0.2) is 23.1 Å². The summed E-state index contributed by atoms with van der Waals surface area (Å²) in [5.41, 5.74) is 5.05. The number of nitrogens with two attached hydrogens (primary N) is 1. The summed E-state index contributed by atoms with van der Waals surface area (Å²) in [7, 11) is -3.92. The number of benzene rings is 1.